The van der Waals surface area contributed by atoms with Gasteiger partial charge in [-0.2, -0.15) is 0 Å². The van der Waals surface area contributed by atoms with Crippen LogP contribution in [0.3, 0.4) is 0 Å². The largest absolute Gasteiger partial charge is 0.383 e. The zero-order valence-corrected chi connectivity index (χ0v) is 11.9. The number of rotatable bonds is 6. The summed E-state index contributed by atoms with van der Waals surface area (Å²) in [5.41, 5.74) is 0. The van der Waals surface area contributed by atoms with Crippen molar-refractivity contribution in [3.8, 4) is 0 Å². The molecule has 1 heterocycles. The first-order chi connectivity index (χ1) is 9.31. The smallest absolute Gasteiger partial charge is 0.226 e. The normalized spacial score (nSPS) is 26.6. The molecule has 4 heteroatoms. The molecule has 0 aromatic rings. The van der Waals surface area contributed by atoms with Crippen molar-refractivity contribution in [2.45, 2.75) is 38.1 Å². The Bertz CT molecular complexity index is 311. The van der Waals surface area contributed by atoms with Crippen LogP contribution in [0.1, 0.15) is 32.1 Å². The number of carbonyl (C=O) groups is 1. The van der Waals surface area contributed by atoms with Gasteiger partial charge in [0.1, 0.15) is 0 Å². The molecule has 1 fully saturated rings. The molecule has 0 saturated carbocycles. The number of amides is 1. The van der Waals surface area contributed by atoms with Gasteiger partial charge in [-0.25, -0.2) is 0 Å². The van der Waals surface area contributed by atoms with Crippen LogP contribution in [-0.4, -0.2) is 50.2 Å². The summed E-state index contributed by atoms with van der Waals surface area (Å²) >= 11 is 0. The van der Waals surface area contributed by atoms with Crippen molar-refractivity contribution in [3.05, 3.63) is 12.2 Å². The molecule has 19 heavy (non-hydrogen) atoms. The molecule has 2 rings (SSSR count). The van der Waals surface area contributed by atoms with E-state index < -0.39 is 0 Å². The third-order valence-electron chi connectivity index (χ3n) is 4.10. The van der Waals surface area contributed by atoms with Gasteiger partial charge in [0.25, 0.3) is 0 Å². The van der Waals surface area contributed by atoms with Crippen molar-refractivity contribution >= 4 is 5.91 Å². The molecular weight excluding hydrogens is 240 g/mol. The average Bonchev–Trinajstić information content (AvgIpc) is 2.96. The molecule has 2 aliphatic rings. The summed E-state index contributed by atoms with van der Waals surface area (Å²) in [6.07, 6.45) is 9.67. The summed E-state index contributed by atoms with van der Waals surface area (Å²) in [5, 5.41) is 3.47. The van der Waals surface area contributed by atoms with Crippen LogP contribution in [0.25, 0.3) is 0 Å². The number of nitrogens with one attached hydrogen (secondary N) is 1. The summed E-state index contributed by atoms with van der Waals surface area (Å²) in [4.78, 5) is 14.6. The quantitative estimate of drug-likeness (QED) is 0.742. The number of allylic oxidation sites excluding steroid dienone is 2. The standard InChI is InChI=1S/C15H26N2O2/c1-19-11-10-17(12-14-8-5-9-16-14)15(18)13-6-3-2-4-7-13/h2-3,13-14,16H,4-12H2,1H3. The van der Waals surface area contributed by atoms with E-state index >= 15 is 0 Å². The number of ether oxygens (including phenoxy) is 1. The third kappa shape index (κ3) is 4.32. The number of hydrogen-bond acceptors (Lipinski definition) is 3. The molecule has 1 aliphatic carbocycles. The third-order valence-corrected chi connectivity index (χ3v) is 4.10. The zero-order chi connectivity index (χ0) is 13.5. The molecule has 2 unspecified atom stereocenters. The summed E-state index contributed by atoms with van der Waals surface area (Å²) in [6, 6.07) is 0.472. The fraction of sp³-hybridized carbons (Fsp3) is 0.800. The van der Waals surface area contributed by atoms with E-state index in [0.29, 0.717) is 25.1 Å². The molecule has 1 saturated heterocycles. The summed E-state index contributed by atoms with van der Waals surface area (Å²) < 4.78 is 5.15. The van der Waals surface area contributed by atoms with E-state index in [-0.39, 0.29) is 5.92 Å². The van der Waals surface area contributed by atoms with E-state index in [0.717, 1.165) is 32.4 Å². The van der Waals surface area contributed by atoms with Crippen LogP contribution in [0.2, 0.25) is 0 Å². The van der Waals surface area contributed by atoms with E-state index in [4.69, 9.17) is 4.74 Å². The number of nitrogens with zero attached hydrogens (tertiary/aromatic N) is 1. The predicted octanol–water partition coefficient (Wildman–Crippen LogP) is 1.57. The van der Waals surface area contributed by atoms with Crippen molar-refractivity contribution in [1.29, 1.82) is 0 Å². The van der Waals surface area contributed by atoms with E-state index in [2.05, 4.69) is 17.5 Å². The van der Waals surface area contributed by atoms with Crippen LogP contribution in [-0.2, 0) is 9.53 Å². The Morgan fingerprint density at radius 1 is 1.42 bits per heavy atom. The van der Waals surface area contributed by atoms with Gasteiger partial charge in [0.2, 0.25) is 5.91 Å². The Labute approximate surface area is 116 Å². The maximum atomic E-state index is 12.6. The lowest BCUT2D eigenvalue weighted by molar-refractivity contribution is -0.136. The van der Waals surface area contributed by atoms with E-state index in [1.165, 1.54) is 12.8 Å². The molecule has 0 radical (unpaired) electrons. The Kier molecular flexibility index (Phi) is 5.86. The lowest BCUT2D eigenvalue weighted by atomic mass is 9.93. The molecule has 1 aliphatic heterocycles. The summed E-state index contributed by atoms with van der Waals surface area (Å²) in [5.74, 6) is 0.498. The molecule has 1 N–H and O–H groups in total. The molecule has 0 bridgehead atoms. The first kappa shape index (κ1) is 14.5. The van der Waals surface area contributed by atoms with Crippen molar-refractivity contribution in [1.82, 2.24) is 10.2 Å². The van der Waals surface area contributed by atoms with Gasteiger partial charge in [0.15, 0.2) is 0 Å². The first-order valence-electron chi connectivity index (χ1n) is 7.47. The topological polar surface area (TPSA) is 41.6 Å². The Morgan fingerprint density at radius 3 is 2.95 bits per heavy atom. The second kappa shape index (κ2) is 7.65. The predicted molar refractivity (Wildman–Crippen MR) is 76.0 cm³/mol. The van der Waals surface area contributed by atoms with Crippen LogP contribution in [0.4, 0.5) is 0 Å². The molecular formula is C15H26N2O2. The number of carbonyl (C=O) groups excluding carboxylic acids is 1. The molecule has 4 nitrogen and oxygen atoms in total. The molecule has 1 amide bonds. The maximum Gasteiger partial charge on any atom is 0.226 e. The molecule has 108 valence electrons. The second-order valence-corrected chi connectivity index (χ2v) is 5.55. The van der Waals surface area contributed by atoms with Gasteiger partial charge in [0, 0.05) is 32.2 Å². The van der Waals surface area contributed by atoms with Gasteiger partial charge in [0.05, 0.1) is 6.61 Å². The highest BCUT2D eigenvalue weighted by Gasteiger charge is 2.27. The summed E-state index contributed by atoms with van der Waals surface area (Å²) in [7, 11) is 1.69. The van der Waals surface area contributed by atoms with Gasteiger partial charge < -0.3 is 15.0 Å². The maximum absolute atomic E-state index is 12.6. The Balaban J connectivity index is 1.90. The highest BCUT2D eigenvalue weighted by molar-refractivity contribution is 5.79. The van der Waals surface area contributed by atoms with E-state index in [9.17, 15) is 4.79 Å². The van der Waals surface area contributed by atoms with Gasteiger partial charge in [-0.1, -0.05) is 12.2 Å². The Hall–Kier alpha value is -0.870. The molecule has 2 atom stereocenters. The van der Waals surface area contributed by atoms with Crippen LogP contribution >= 0.6 is 0 Å². The van der Waals surface area contributed by atoms with Crippen LogP contribution in [0, 0.1) is 5.92 Å². The van der Waals surface area contributed by atoms with Crippen LogP contribution in [0.15, 0.2) is 12.2 Å². The van der Waals surface area contributed by atoms with Gasteiger partial charge in [-0.3, -0.25) is 4.79 Å². The highest BCUT2D eigenvalue weighted by Crippen LogP contribution is 2.21. The van der Waals surface area contributed by atoms with Gasteiger partial charge >= 0.3 is 0 Å². The minimum atomic E-state index is 0.184. The lowest BCUT2D eigenvalue weighted by Crippen LogP contribution is -2.45. The fourth-order valence-electron chi connectivity index (χ4n) is 2.95. The number of hydrogen-bond donors (Lipinski definition) is 1. The van der Waals surface area contributed by atoms with Crippen molar-refractivity contribution in [2.75, 3.05) is 33.4 Å². The van der Waals surface area contributed by atoms with Crippen molar-refractivity contribution < 1.29 is 9.53 Å². The van der Waals surface area contributed by atoms with Crippen molar-refractivity contribution in [3.63, 3.8) is 0 Å². The second-order valence-electron chi connectivity index (χ2n) is 5.55. The van der Waals surface area contributed by atoms with E-state index in [1.54, 1.807) is 7.11 Å². The molecule has 0 aromatic carbocycles. The van der Waals surface area contributed by atoms with Crippen LogP contribution in [0.5, 0.6) is 0 Å². The van der Waals surface area contributed by atoms with Gasteiger partial charge in [-0.15, -0.1) is 0 Å². The van der Waals surface area contributed by atoms with Crippen molar-refractivity contribution in [2.24, 2.45) is 5.92 Å². The molecule has 0 spiro atoms. The van der Waals surface area contributed by atoms with E-state index in [1.807, 2.05) is 4.90 Å². The fourth-order valence-corrected chi connectivity index (χ4v) is 2.95. The first-order valence-corrected chi connectivity index (χ1v) is 7.47. The van der Waals surface area contributed by atoms with Crippen LogP contribution < -0.4 is 5.32 Å². The molecule has 0 aromatic heterocycles. The average molecular weight is 266 g/mol. The number of methoxy groups -OCH3 is 1. The lowest BCUT2D eigenvalue weighted by Gasteiger charge is -2.30. The van der Waals surface area contributed by atoms with Gasteiger partial charge in [-0.05, 0) is 38.6 Å². The zero-order valence-electron chi connectivity index (χ0n) is 11.9. The summed E-state index contributed by atoms with van der Waals surface area (Å²) in [6.45, 7) is 3.26. The monoisotopic (exact) mass is 266 g/mol. The minimum absolute atomic E-state index is 0.184. The minimum Gasteiger partial charge on any atom is -0.383 e. The Morgan fingerprint density at radius 2 is 2.32 bits per heavy atom. The SMILES string of the molecule is COCCN(CC1CCCN1)C(=O)C1CC=CCC1. The highest BCUT2D eigenvalue weighted by atomic mass is 16.5.